The van der Waals surface area contributed by atoms with E-state index in [0.717, 1.165) is 29.4 Å². The summed E-state index contributed by atoms with van der Waals surface area (Å²) in [6.45, 7) is 4.68. The first-order valence-corrected chi connectivity index (χ1v) is 9.96. The van der Waals surface area contributed by atoms with Gasteiger partial charge in [-0.1, -0.05) is 48.4 Å². The van der Waals surface area contributed by atoms with Crippen LogP contribution in [0, 0.1) is 6.92 Å². The van der Waals surface area contributed by atoms with Crippen LogP contribution in [-0.2, 0) is 4.79 Å². The van der Waals surface area contributed by atoms with Crippen molar-refractivity contribution in [3.63, 3.8) is 0 Å². The Morgan fingerprint density at radius 3 is 2.52 bits per heavy atom. The van der Waals surface area contributed by atoms with Gasteiger partial charge in [0.05, 0.1) is 6.04 Å². The van der Waals surface area contributed by atoms with E-state index in [-0.39, 0.29) is 18.6 Å². The molecule has 0 aliphatic carbocycles. The summed E-state index contributed by atoms with van der Waals surface area (Å²) in [6, 6.07) is 15.8. The molecule has 2 aromatic carbocycles. The zero-order valence-electron chi connectivity index (χ0n) is 15.8. The summed E-state index contributed by atoms with van der Waals surface area (Å²) in [6.07, 6.45) is 3.68. The molecule has 3 rings (SSSR count). The van der Waals surface area contributed by atoms with Gasteiger partial charge in [0.25, 0.3) is 5.91 Å². The van der Waals surface area contributed by atoms with E-state index in [2.05, 4.69) is 22.3 Å². The van der Waals surface area contributed by atoms with E-state index in [1.165, 1.54) is 24.8 Å². The molecule has 1 N–H and O–H groups in total. The summed E-state index contributed by atoms with van der Waals surface area (Å²) in [5.74, 6) is 0.646. The van der Waals surface area contributed by atoms with Crippen molar-refractivity contribution < 1.29 is 9.53 Å². The molecule has 0 bridgehead atoms. The Morgan fingerprint density at radius 1 is 1.11 bits per heavy atom. The molecular formula is C22H27ClN2O2. The third-order valence-electron chi connectivity index (χ3n) is 5.03. The van der Waals surface area contributed by atoms with Gasteiger partial charge < -0.3 is 10.1 Å². The summed E-state index contributed by atoms with van der Waals surface area (Å²) >= 11 is 6.04. The first-order valence-electron chi connectivity index (χ1n) is 9.58. The average Bonchev–Trinajstić information content (AvgIpc) is 2.69. The second kappa shape index (κ2) is 9.77. The molecule has 5 heteroatoms. The molecule has 4 nitrogen and oxygen atoms in total. The number of hydrogen-bond donors (Lipinski definition) is 1. The van der Waals surface area contributed by atoms with Gasteiger partial charge in [0.15, 0.2) is 6.61 Å². The zero-order valence-corrected chi connectivity index (χ0v) is 16.5. The molecule has 0 aromatic heterocycles. The zero-order chi connectivity index (χ0) is 19.1. The summed E-state index contributed by atoms with van der Waals surface area (Å²) in [7, 11) is 0. The molecule has 1 aliphatic rings. The van der Waals surface area contributed by atoms with Gasteiger partial charge in [-0.3, -0.25) is 9.69 Å². The molecule has 1 amide bonds. The number of ether oxygens (including phenoxy) is 1. The van der Waals surface area contributed by atoms with Crippen molar-refractivity contribution in [1.82, 2.24) is 10.2 Å². The summed E-state index contributed by atoms with van der Waals surface area (Å²) < 4.78 is 5.65. The average molecular weight is 387 g/mol. The first kappa shape index (κ1) is 19.7. The largest absolute Gasteiger partial charge is 0.484 e. The van der Waals surface area contributed by atoms with Gasteiger partial charge in [0.2, 0.25) is 0 Å². The highest BCUT2D eigenvalue weighted by atomic mass is 35.5. The van der Waals surface area contributed by atoms with Crippen molar-refractivity contribution in [2.75, 3.05) is 26.2 Å². The predicted molar refractivity (Wildman–Crippen MR) is 109 cm³/mol. The van der Waals surface area contributed by atoms with Crippen molar-refractivity contribution in [3.8, 4) is 5.75 Å². The van der Waals surface area contributed by atoms with Gasteiger partial charge in [-0.25, -0.2) is 0 Å². The number of para-hydroxylation sites is 1. The summed E-state index contributed by atoms with van der Waals surface area (Å²) in [5, 5.41) is 3.77. The first-order chi connectivity index (χ1) is 13.1. The standard InChI is InChI=1S/C22H27ClN2O2/c1-17-7-3-4-8-21(17)27-16-22(26)24-15-20(25-13-5-2-6-14-25)18-9-11-19(23)12-10-18/h3-4,7-12,20H,2,5-6,13-16H2,1H3,(H,24,26). The molecule has 0 radical (unpaired) electrons. The lowest BCUT2D eigenvalue weighted by Gasteiger charge is -2.35. The minimum atomic E-state index is -0.103. The van der Waals surface area contributed by atoms with E-state index in [0.29, 0.717) is 6.54 Å². The smallest absolute Gasteiger partial charge is 0.258 e. The van der Waals surface area contributed by atoms with Crippen molar-refractivity contribution in [2.24, 2.45) is 0 Å². The second-order valence-electron chi connectivity index (χ2n) is 7.02. The van der Waals surface area contributed by atoms with Crippen molar-refractivity contribution in [2.45, 2.75) is 32.2 Å². The Bertz CT molecular complexity index is 742. The fourth-order valence-electron chi connectivity index (χ4n) is 3.50. The molecule has 0 spiro atoms. The molecule has 1 heterocycles. The maximum Gasteiger partial charge on any atom is 0.258 e. The number of carbonyl (C=O) groups excluding carboxylic acids is 1. The summed E-state index contributed by atoms with van der Waals surface area (Å²) in [5.41, 5.74) is 2.21. The number of nitrogens with zero attached hydrogens (tertiary/aromatic N) is 1. The monoisotopic (exact) mass is 386 g/mol. The number of halogens is 1. The third kappa shape index (κ3) is 5.72. The third-order valence-corrected chi connectivity index (χ3v) is 5.28. The van der Waals surface area contributed by atoms with Crippen LogP contribution in [0.3, 0.4) is 0 Å². The predicted octanol–water partition coefficient (Wildman–Crippen LogP) is 4.37. The summed E-state index contributed by atoms with van der Waals surface area (Å²) in [4.78, 5) is 14.8. The minimum Gasteiger partial charge on any atom is -0.484 e. The highest BCUT2D eigenvalue weighted by molar-refractivity contribution is 6.30. The molecule has 1 aliphatic heterocycles. The number of hydrogen-bond acceptors (Lipinski definition) is 3. The molecule has 0 saturated carbocycles. The Hall–Kier alpha value is -2.04. The fourth-order valence-corrected chi connectivity index (χ4v) is 3.62. The number of nitrogens with one attached hydrogen (secondary N) is 1. The molecule has 1 saturated heterocycles. The molecule has 1 fully saturated rings. The van der Waals surface area contributed by atoms with Crippen molar-refractivity contribution in [3.05, 3.63) is 64.7 Å². The van der Waals surface area contributed by atoms with Gasteiger partial charge in [-0.2, -0.15) is 0 Å². The Morgan fingerprint density at radius 2 is 1.81 bits per heavy atom. The number of aryl methyl sites for hydroxylation is 1. The number of piperidine rings is 1. The van der Waals surface area contributed by atoms with E-state index in [1.807, 2.05) is 43.3 Å². The lowest BCUT2D eigenvalue weighted by molar-refractivity contribution is -0.123. The van der Waals surface area contributed by atoms with Gasteiger partial charge in [-0.05, 0) is 62.2 Å². The second-order valence-corrected chi connectivity index (χ2v) is 7.46. The molecule has 27 heavy (non-hydrogen) atoms. The van der Waals surface area contributed by atoms with Crippen LogP contribution in [0.4, 0.5) is 0 Å². The van der Waals surface area contributed by atoms with E-state index in [1.54, 1.807) is 0 Å². The van der Waals surface area contributed by atoms with E-state index >= 15 is 0 Å². The number of rotatable bonds is 7. The molecule has 1 unspecified atom stereocenters. The van der Waals surface area contributed by atoms with Crippen LogP contribution in [0.15, 0.2) is 48.5 Å². The maximum atomic E-state index is 12.3. The number of benzene rings is 2. The van der Waals surface area contributed by atoms with Gasteiger partial charge in [-0.15, -0.1) is 0 Å². The number of carbonyl (C=O) groups is 1. The Balaban J connectivity index is 1.59. The Kier molecular flexibility index (Phi) is 7.13. The maximum absolute atomic E-state index is 12.3. The van der Waals surface area contributed by atoms with Crippen LogP contribution < -0.4 is 10.1 Å². The Labute approximate surface area is 166 Å². The fraction of sp³-hybridized carbons (Fsp3) is 0.409. The van der Waals surface area contributed by atoms with E-state index < -0.39 is 0 Å². The molecule has 1 atom stereocenters. The van der Waals surface area contributed by atoms with Crippen molar-refractivity contribution >= 4 is 17.5 Å². The van der Waals surface area contributed by atoms with Crippen LogP contribution in [-0.4, -0.2) is 37.0 Å². The lowest BCUT2D eigenvalue weighted by atomic mass is 10.0. The lowest BCUT2D eigenvalue weighted by Crippen LogP contribution is -2.41. The van der Waals surface area contributed by atoms with Crippen LogP contribution in [0.5, 0.6) is 5.75 Å². The van der Waals surface area contributed by atoms with Crippen LogP contribution in [0.1, 0.15) is 36.4 Å². The van der Waals surface area contributed by atoms with Gasteiger partial charge >= 0.3 is 0 Å². The minimum absolute atomic E-state index is 0.0260. The SMILES string of the molecule is Cc1ccccc1OCC(=O)NCC(c1ccc(Cl)cc1)N1CCCCC1. The topological polar surface area (TPSA) is 41.6 Å². The highest BCUT2D eigenvalue weighted by Crippen LogP contribution is 2.25. The van der Waals surface area contributed by atoms with Crippen molar-refractivity contribution in [1.29, 1.82) is 0 Å². The number of amides is 1. The quantitative estimate of drug-likeness (QED) is 0.768. The molecule has 144 valence electrons. The molecule has 2 aromatic rings. The van der Waals surface area contributed by atoms with Crippen LogP contribution in [0.25, 0.3) is 0 Å². The molecular weight excluding hydrogens is 360 g/mol. The van der Waals surface area contributed by atoms with Crippen LogP contribution >= 0.6 is 11.6 Å². The normalized spacial score (nSPS) is 15.9. The van der Waals surface area contributed by atoms with Gasteiger partial charge in [0, 0.05) is 11.6 Å². The van der Waals surface area contributed by atoms with E-state index in [9.17, 15) is 4.79 Å². The van der Waals surface area contributed by atoms with Gasteiger partial charge in [0.1, 0.15) is 5.75 Å². The van der Waals surface area contributed by atoms with Crippen LogP contribution in [0.2, 0.25) is 5.02 Å². The number of likely N-dealkylation sites (tertiary alicyclic amines) is 1. The highest BCUT2D eigenvalue weighted by Gasteiger charge is 2.23. The van der Waals surface area contributed by atoms with E-state index in [4.69, 9.17) is 16.3 Å².